The van der Waals surface area contributed by atoms with Gasteiger partial charge in [-0.1, -0.05) is 6.08 Å². The molecule has 2 unspecified atom stereocenters. The van der Waals surface area contributed by atoms with E-state index >= 15 is 0 Å². The van der Waals surface area contributed by atoms with E-state index in [0.29, 0.717) is 18.2 Å². The molecule has 0 saturated carbocycles. The van der Waals surface area contributed by atoms with Gasteiger partial charge in [0.1, 0.15) is 0 Å². The molecule has 1 saturated heterocycles. The van der Waals surface area contributed by atoms with Crippen LogP contribution in [0.4, 0.5) is 0 Å². The molecule has 1 aliphatic heterocycles. The quantitative estimate of drug-likeness (QED) is 0.544. The summed E-state index contributed by atoms with van der Waals surface area (Å²) in [4.78, 5) is 2.51. The van der Waals surface area contributed by atoms with E-state index in [9.17, 15) is 0 Å². The molecule has 0 aromatic rings. The number of nitrogens with zero attached hydrogens (tertiary/aromatic N) is 1. The van der Waals surface area contributed by atoms with Crippen molar-refractivity contribution in [2.75, 3.05) is 26.7 Å². The summed E-state index contributed by atoms with van der Waals surface area (Å²) in [6.07, 6.45) is 5.78. The van der Waals surface area contributed by atoms with E-state index in [1.807, 2.05) is 13.1 Å². The van der Waals surface area contributed by atoms with Crippen molar-refractivity contribution >= 4 is 0 Å². The number of ether oxygens (including phenoxy) is 1. The smallest absolute Gasteiger partial charge is 0.0855 e. The van der Waals surface area contributed by atoms with Gasteiger partial charge >= 0.3 is 0 Å². The molecule has 0 aliphatic carbocycles. The molecule has 0 spiro atoms. The minimum Gasteiger partial charge on any atom is -0.374 e. The fourth-order valence-electron chi connectivity index (χ4n) is 2.41. The van der Waals surface area contributed by atoms with Crippen molar-refractivity contribution in [2.45, 2.75) is 51.3 Å². The molecule has 0 bridgehead atoms. The molecule has 0 aromatic heterocycles. The summed E-state index contributed by atoms with van der Waals surface area (Å²) in [5.41, 5.74) is 0. The molecule has 0 radical (unpaired) electrons. The molecule has 17 heavy (non-hydrogen) atoms. The van der Waals surface area contributed by atoms with Crippen LogP contribution in [0.1, 0.15) is 33.1 Å². The first-order valence-electron chi connectivity index (χ1n) is 6.82. The van der Waals surface area contributed by atoms with Crippen LogP contribution in [0.5, 0.6) is 0 Å². The summed E-state index contributed by atoms with van der Waals surface area (Å²) in [6, 6.07) is 1.09. The average Bonchev–Trinajstić information content (AvgIpc) is 2.35. The number of unbranched alkanes of at least 4 members (excludes halogenated alkanes) is 1. The third kappa shape index (κ3) is 4.78. The summed E-state index contributed by atoms with van der Waals surface area (Å²) < 4.78 is 5.91. The number of nitrogens with one attached hydrogen (secondary N) is 1. The molecule has 3 heteroatoms. The SMILES string of the molecule is C=CCCCC(NC)C1CN(C(C)C)CCO1. The van der Waals surface area contributed by atoms with Gasteiger partial charge in [0.2, 0.25) is 0 Å². The van der Waals surface area contributed by atoms with Gasteiger partial charge in [-0.25, -0.2) is 0 Å². The highest BCUT2D eigenvalue weighted by Gasteiger charge is 2.27. The standard InChI is InChI=1S/C14H28N2O/c1-5-6-7-8-13(15-4)14-11-16(12(2)3)9-10-17-14/h5,12-15H,1,6-11H2,2-4H3. The van der Waals surface area contributed by atoms with Gasteiger partial charge in [-0.2, -0.15) is 0 Å². The molecular formula is C14H28N2O. The Bertz CT molecular complexity index is 218. The molecule has 1 fully saturated rings. The zero-order valence-corrected chi connectivity index (χ0v) is 11.6. The Balaban J connectivity index is 2.41. The molecule has 3 nitrogen and oxygen atoms in total. The molecule has 0 aromatic carbocycles. The van der Waals surface area contributed by atoms with Crippen molar-refractivity contribution in [3.63, 3.8) is 0 Å². The van der Waals surface area contributed by atoms with Gasteiger partial charge in [-0.05, 0) is 40.2 Å². The second kappa shape index (κ2) is 7.85. The van der Waals surface area contributed by atoms with Gasteiger partial charge in [0.25, 0.3) is 0 Å². The van der Waals surface area contributed by atoms with Crippen molar-refractivity contribution in [3.8, 4) is 0 Å². The molecule has 1 rings (SSSR count). The number of allylic oxidation sites excluding steroid dienone is 1. The Morgan fingerprint density at radius 1 is 1.53 bits per heavy atom. The monoisotopic (exact) mass is 240 g/mol. The first kappa shape index (κ1) is 14.7. The summed E-state index contributed by atoms with van der Waals surface area (Å²) in [5.74, 6) is 0. The van der Waals surface area contributed by atoms with Gasteiger partial charge < -0.3 is 10.1 Å². The predicted molar refractivity (Wildman–Crippen MR) is 73.3 cm³/mol. The maximum atomic E-state index is 5.91. The van der Waals surface area contributed by atoms with Crippen LogP contribution in [-0.4, -0.2) is 49.8 Å². The lowest BCUT2D eigenvalue weighted by atomic mass is 10.0. The molecule has 1 heterocycles. The molecule has 0 amide bonds. The van der Waals surface area contributed by atoms with Crippen LogP contribution in [0, 0.1) is 0 Å². The van der Waals surface area contributed by atoms with Crippen LogP contribution in [0.15, 0.2) is 12.7 Å². The van der Waals surface area contributed by atoms with Crippen LogP contribution in [0.3, 0.4) is 0 Å². The van der Waals surface area contributed by atoms with E-state index in [4.69, 9.17) is 4.74 Å². The van der Waals surface area contributed by atoms with Crippen molar-refractivity contribution < 1.29 is 4.74 Å². The zero-order valence-electron chi connectivity index (χ0n) is 11.6. The van der Waals surface area contributed by atoms with Gasteiger partial charge in [-0.3, -0.25) is 4.90 Å². The van der Waals surface area contributed by atoms with Crippen LogP contribution in [0.2, 0.25) is 0 Å². The highest BCUT2D eigenvalue weighted by Crippen LogP contribution is 2.15. The van der Waals surface area contributed by atoms with Gasteiger partial charge in [0.05, 0.1) is 12.7 Å². The largest absolute Gasteiger partial charge is 0.374 e. The van der Waals surface area contributed by atoms with E-state index in [2.05, 4.69) is 30.6 Å². The molecule has 1 N–H and O–H groups in total. The summed E-state index contributed by atoms with van der Waals surface area (Å²) in [7, 11) is 2.04. The van der Waals surface area contributed by atoms with Crippen LogP contribution in [0.25, 0.3) is 0 Å². The van der Waals surface area contributed by atoms with Crippen molar-refractivity contribution in [3.05, 3.63) is 12.7 Å². The minimum atomic E-state index is 0.334. The second-order valence-electron chi connectivity index (χ2n) is 5.11. The number of rotatable bonds is 7. The number of hydrogen-bond donors (Lipinski definition) is 1. The third-order valence-corrected chi connectivity index (χ3v) is 3.60. The van der Waals surface area contributed by atoms with Crippen molar-refractivity contribution in [2.24, 2.45) is 0 Å². The lowest BCUT2D eigenvalue weighted by Crippen LogP contribution is -2.53. The Hall–Kier alpha value is -0.380. The number of likely N-dealkylation sites (N-methyl/N-ethyl adjacent to an activating group) is 1. The lowest BCUT2D eigenvalue weighted by molar-refractivity contribution is -0.0556. The van der Waals surface area contributed by atoms with E-state index in [-0.39, 0.29) is 0 Å². The minimum absolute atomic E-state index is 0.334. The van der Waals surface area contributed by atoms with E-state index in [1.54, 1.807) is 0 Å². The van der Waals surface area contributed by atoms with Gasteiger partial charge in [0.15, 0.2) is 0 Å². The summed E-state index contributed by atoms with van der Waals surface area (Å²) in [5, 5.41) is 3.40. The first-order chi connectivity index (χ1) is 8.19. The second-order valence-corrected chi connectivity index (χ2v) is 5.11. The third-order valence-electron chi connectivity index (χ3n) is 3.60. The van der Waals surface area contributed by atoms with Gasteiger partial charge in [0, 0.05) is 25.2 Å². The van der Waals surface area contributed by atoms with E-state index in [1.165, 1.54) is 12.8 Å². The van der Waals surface area contributed by atoms with E-state index in [0.717, 1.165) is 26.1 Å². The summed E-state index contributed by atoms with van der Waals surface area (Å²) in [6.45, 7) is 11.3. The molecule has 1 aliphatic rings. The fraction of sp³-hybridized carbons (Fsp3) is 0.857. The van der Waals surface area contributed by atoms with Crippen molar-refractivity contribution in [1.29, 1.82) is 0 Å². The lowest BCUT2D eigenvalue weighted by Gasteiger charge is -2.39. The van der Waals surface area contributed by atoms with Crippen LogP contribution in [-0.2, 0) is 4.74 Å². The van der Waals surface area contributed by atoms with Crippen LogP contribution < -0.4 is 5.32 Å². The fourth-order valence-corrected chi connectivity index (χ4v) is 2.41. The van der Waals surface area contributed by atoms with E-state index < -0.39 is 0 Å². The maximum Gasteiger partial charge on any atom is 0.0855 e. The summed E-state index contributed by atoms with van der Waals surface area (Å²) >= 11 is 0. The Labute approximate surface area is 106 Å². The molecule has 2 atom stereocenters. The predicted octanol–water partition coefficient (Wildman–Crippen LogP) is 2.04. The van der Waals surface area contributed by atoms with Crippen molar-refractivity contribution in [1.82, 2.24) is 10.2 Å². The topological polar surface area (TPSA) is 24.5 Å². The highest BCUT2D eigenvalue weighted by molar-refractivity contribution is 4.84. The Morgan fingerprint density at radius 2 is 2.29 bits per heavy atom. The van der Waals surface area contributed by atoms with Crippen LogP contribution >= 0.6 is 0 Å². The highest BCUT2D eigenvalue weighted by atomic mass is 16.5. The maximum absolute atomic E-state index is 5.91. The number of hydrogen-bond acceptors (Lipinski definition) is 3. The molecule has 100 valence electrons. The van der Waals surface area contributed by atoms with Gasteiger partial charge in [-0.15, -0.1) is 6.58 Å². The normalized spacial score (nSPS) is 23.9. The first-order valence-corrected chi connectivity index (χ1v) is 6.82. The number of morpholine rings is 1. The Morgan fingerprint density at radius 3 is 2.88 bits per heavy atom. The Kier molecular flexibility index (Phi) is 6.78. The average molecular weight is 240 g/mol. The zero-order chi connectivity index (χ0) is 12.7. The molecular weight excluding hydrogens is 212 g/mol.